The van der Waals surface area contributed by atoms with Gasteiger partial charge in [-0.1, -0.05) is 23.2 Å². The SMILES string of the molecule is COc1c(Cl)cc(C(=O)NC(=S)Nc2ccc(N3CCCC[C@H]3C)cc2)cc1Cl. The van der Waals surface area contributed by atoms with Crippen LogP contribution >= 0.6 is 35.4 Å². The number of hydrogen-bond acceptors (Lipinski definition) is 4. The molecule has 2 N–H and O–H groups in total. The molecule has 0 aromatic heterocycles. The number of ether oxygens (including phenoxy) is 1. The first-order chi connectivity index (χ1) is 13.9. The predicted octanol–water partition coefficient (Wildman–Crippen LogP) is 5.51. The summed E-state index contributed by atoms with van der Waals surface area (Å²) in [5, 5.41) is 6.36. The summed E-state index contributed by atoms with van der Waals surface area (Å²) in [6.45, 7) is 3.34. The van der Waals surface area contributed by atoms with E-state index in [1.54, 1.807) is 0 Å². The van der Waals surface area contributed by atoms with Gasteiger partial charge in [0.1, 0.15) is 0 Å². The third kappa shape index (κ3) is 5.32. The van der Waals surface area contributed by atoms with E-state index in [9.17, 15) is 4.79 Å². The van der Waals surface area contributed by atoms with Crippen molar-refractivity contribution >= 4 is 57.8 Å². The Morgan fingerprint density at radius 3 is 2.41 bits per heavy atom. The van der Waals surface area contributed by atoms with Gasteiger partial charge in [0.25, 0.3) is 5.91 Å². The Balaban J connectivity index is 1.61. The number of methoxy groups -OCH3 is 1. The number of nitrogens with one attached hydrogen (secondary N) is 2. The molecule has 0 saturated carbocycles. The van der Waals surface area contributed by atoms with Crippen LogP contribution in [0.3, 0.4) is 0 Å². The Kier molecular flexibility index (Phi) is 7.22. The molecule has 0 radical (unpaired) electrons. The summed E-state index contributed by atoms with van der Waals surface area (Å²) >= 11 is 17.4. The van der Waals surface area contributed by atoms with Crippen LogP contribution in [0.1, 0.15) is 36.5 Å². The van der Waals surface area contributed by atoms with Crippen molar-refractivity contribution in [1.82, 2.24) is 5.32 Å². The maximum absolute atomic E-state index is 12.4. The number of amides is 1. The van der Waals surface area contributed by atoms with Crippen molar-refractivity contribution in [1.29, 1.82) is 0 Å². The minimum absolute atomic E-state index is 0.192. The van der Waals surface area contributed by atoms with Gasteiger partial charge in [0, 0.05) is 29.5 Å². The molecule has 8 heteroatoms. The number of thiocarbonyl (C=S) groups is 1. The number of anilines is 2. The molecule has 0 aliphatic carbocycles. The topological polar surface area (TPSA) is 53.6 Å². The van der Waals surface area contributed by atoms with Crippen LogP contribution in [0, 0.1) is 0 Å². The van der Waals surface area contributed by atoms with Gasteiger partial charge in [-0.15, -0.1) is 0 Å². The largest absolute Gasteiger partial charge is 0.494 e. The van der Waals surface area contributed by atoms with Crippen LogP contribution in [0.2, 0.25) is 10.0 Å². The fraction of sp³-hybridized carbons (Fsp3) is 0.333. The lowest BCUT2D eigenvalue weighted by Crippen LogP contribution is -2.37. The molecule has 5 nitrogen and oxygen atoms in total. The van der Waals surface area contributed by atoms with Gasteiger partial charge < -0.3 is 15.0 Å². The third-order valence-corrected chi connectivity index (χ3v) is 5.72. The van der Waals surface area contributed by atoms with Gasteiger partial charge in [-0.25, -0.2) is 0 Å². The van der Waals surface area contributed by atoms with E-state index in [-0.39, 0.29) is 15.2 Å². The van der Waals surface area contributed by atoms with Gasteiger partial charge >= 0.3 is 0 Å². The number of piperidine rings is 1. The molecular weight excluding hydrogens is 429 g/mol. The minimum Gasteiger partial charge on any atom is -0.494 e. The van der Waals surface area contributed by atoms with Crippen molar-refractivity contribution < 1.29 is 9.53 Å². The molecule has 0 unspecified atom stereocenters. The van der Waals surface area contributed by atoms with Crippen LogP contribution in [0.5, 0.6) is 5.75 Å². The molecule has 1 aliphatic rings. The molecule has 1 amide bonds. The summed E-state index contributed by atoms with van der Waals surface area (Å²) in [4.78, 5) is 14.9. The lowest BCUT2D eigenvalue weighted by atomic mass is 10.0. The number of rotatable bonds is 4. The Hall–Kier alpha value is -2.02. The maximum atomic E-state index is 12.4. The van der Waals surface area contributed by atoms with E-state index in [1.807, 2.05) is 12.1 Å². The lowest BCUT2D eigenvalue weighted by Gasteiger charge is -2.35. The lowest BCUT2D eigenvalue weighted by molar-refractivity contribution is 0.0977. The number of carbonyl (C=O) groups is 1. The first kappa shape index (κ1) is 21.7. The van der Waals surface area contributed by atoms with Crippen LogP contribution in [0.4, 0.5) is 11.4 Å². The molecule has 1 aliphatic heterocycles. The monoisotopic (exact) mass is 451 g/mol. The highest BCUT2D eigenvalue weighted by Crippen LogP contribution is 2.33. The predicted molar refractivity (Wildman–Crippen MR) is 124 cm³/mol. The van der Waals surface area contributed by atoms with E-state index in [1.165, 1.54) is 44.2 Å². The average molecular weight is 452 g/mol. The third-order valence-electron chi connectivity index (χ3n) is 4.95. The zero-order valence-corrected chi connectivity index (χ0v) is 18.6. The smallest absolute Gasteiger partial charge is 0.257 e. The van der Waals surface area contributed by atoms with E-state index in [2.05, 4.69) is 34.6 Å². The second kappa shape index (κ2) is 9.65. The number of hydrogen-bond donors (Lipinski definition) is 2. The van der Waals surface area contributed by atoms with Crippen molar-refractivity contribution in [2.24, 2.45) is 0 Å². The summed E-state index contributed by atoms with van der Waals surface area (Å²) in [6, 6.07) is 11.6. The summed E-state index contributed by atoms with van der Waals surface area (Å²) in [7, 11) is 1.46. The standard InChI is InChI=1S/C21H23Cl2N3O2S/c1-13-5-3-4-10-26(13)16-8-6-15(7-9-16)24-21(29)25-20(27)14-11-17(22)19(28-2)18(23)12-14/h6-9,11-13H,3-5,10H2,1-2H3,(H2,24,25,27,29)/t13-/m1/s1. The molecule has 0 bridgehead atoms. The molecule has 1 fully saturated rings. The van der Waals surface area contributed by atoms with Crippen LogP contribution in [-0.2, 0) is 0 Å². The van der Waals surface area contributed by atoms with Gasteiger partial charge in [-0.3, -0.25) is 10.1 Å². The van der Waals surface area contributed by atoms with Crippen molar-refractivity contribution in [3.05, 3.63) is 52.0 Å². The molecule has 154 valence electrons. The van der Waals surface area contributed by atoms with E-state index < -0.39 is 5.91 Å². The summed E-state index contributed by atoms with van der Waals surface area (Å²) in [6.07, 6.45) is 3.73. The molecule has 1 saturated heterocycles. The number of carbonyl (C=O) groups excluding carboxylic acids is 1. The zero-order valence-electron chi connectivity index (χ0n) is 16.3. The van der Waals surface area contributed by atoms with Gasteiger partial charge in [0.05, 0.1) is 17.2 Å². The molecule has 2 aromatic rings. The summed E-state index contributed by atoms with van der Waals surface area (Å²) < 4.78 is 5.09. The molecule has 0 spiro atoms. The number of benzene rings is 2. The minimum atomic E-state index is -0.410. The van der Waals surface area contributed by atoms with Crippen LogP contribution in [0.15, 0.2) is 36.4 Å². The first-order valence-corrected chi connectivity index (χ1v) is 10.6. The fourth-order valence-electron chi connectivity index (χ4n) is 3.44. The second-order valence-electron chi connectivity index (χ2n) is 6.97. The normalized spacial score (nSPS) is 16.3. The van der Waals surface area contributed by atoms with Crippen LogP contribution < -0.4 is 20.3 Å². The molecule has 1 atom stereocenters. The highest BCUT2D eigenvalue weighted by Gasteiger charge is 2.18. The second-order valence-corrected chi connectivity index (χ2v) is 8.19. The van der Waals surface area contributed by atoms with Crippen molar-refractivity contribution in [2.75, 3.05) is 23.9 Å². The highest BCUT2D eigenvalue weighted by molar-refractivity contribution is 7.80. The van der Waals surface area contributed by atoms with Crippen LogP contribution in [0.25, 0.3) is 0 Å². The summed E-state index contributed by atoms with van der Waals surface area (Å²) in [5.74, 6) is -0.0820. The molecule has 1 heterocycles. The maximum Gasteiger partial charge on any atom is 0.257 e. The Morgan fingerprint density at radius 2 is 1.83 bits per heavy atom. The Morgan fingerprint density at radius 1 is 1.17 bits per heavy atom. The fourth-order valence-corrected chi connectivity index (χ4v) is 4.29. The van der Waals surface area contributed by atoms with E-state index in [0.717, 1.165) is 12.2 Å². The van der Waals surface area contributed by atoms with E-state index in [0.29, 0.717) is 17.4 Å². The molecule has 29 heavy (non-hydrogen) atoms. The number of halogens is 2. The van der Waals surface area contributed by atoms with Gasteiger partial charge in [-0.05, 0) is 74.8 Å². The number of nitrogens with zero attached hydrogens (tertiary/aromatic N) is 1. The summed E-state index contributed by atoms with van der Waals surface area (Å²) in [5.41, 5.74) is 2.29. The molecule has 2 aromatic carbocycles. The molecular formula is C21H23Cl2N3O2S. The zero-order chi connectivity index (χ0) is 21.0. The Bertz CT molecular complexity index is 882. The van der Waals surface area contributed by atoms with E-state index in [4.69, 9.17) is 40.2 Å². The van der Waals surface area contributed by atoms with Crippen LogP contribution in [-0.4, -0.2) is 30.7 Å². The van der Waals surface area contributed by atoms with Gasteiger partial charge in [-0.2, -0.15) is 0 Å². The quantitative estimate of drug-likeness (QED) is 0.600. The van der Waals surface area contributed by atoms with Crippen molar-refractivity contribution in [3.63, 3.8) is 0 Å². The van der Waals surface area contributed by atoms with E-state index >= 15 is 0 Å². The highest BCUT2D eigenvalue weighted by atomic mass is 35.5. The molecule has 3 rings (SSSR count). The van der Waals surface area contributed by atoms with Crippen molar-refractivity contribution in [3.8, 4) is 5.75 Å². The van der Waals surface area contributed by atoms with Crippen molar-refractivity contribution in [2.45, 2.75) is 32.2 Å². The van der Waals surface area contributed by atoms with Gasteiger partial charge in [0.15, 0.2) is 10.9 Å². The van der Waals surface area contributed by atoms with Gasteiger partial charge in [0.2, 0.25) is 0 Å². The Labute approximate surface area is 186 Å². The first-order valence-electron chi connectivity index (χ1n) is 9.41. The average Bonchev–Trinajstić information content (AvgIpc) is 2.68.